The number of nitrogens with zero attached hydrogens (tertiary/aromatic N) is 3. The normalized spacial score (nSPS) is 13.3. The lowest BCUT2D eigenvalue weighted by Gasteiger charge is -2.23. The van der Waals surface area contributed by atoms with Gasteiger partial charge < -0.3 is 9.64 Å². The first-order valence-electron chi connectivity index (χ1n) is 11.6. The first kappa shape index (κ1) is 24.6. The summed E-state index contributed by atoms with van der Waals surface area (Å²) in [5.41, 5.74) is 5.86. The molecular formula is C27H29N3O4S. The number of carbonyl (C=O) groups is 3. The summed E-state index contributed by atoms with van der Waals surface area (Å²) in [6, 6.07) is 11.3. The lowest BCUT2D eigenvalue weighted by molar-refractivity contribution is -0.128. The molecule has 7 nitrogen and oxygen atoms in total. The van der Waals surface area contributed by atoms with Gasteiger partial charge in [0, 0.05) is 31.8 Å². The van der Waals surface area contributed by atoms with E-state index in [9.17, 15) is 14.4 Å². The van der Waals surface area contributed by atoms with Crippen LogP contribution in [0.5, 0.6) is 0 Å². The number of anilines is 2. The smallest absolute Gasteiger partial charge is 0.338 e. The van der Waals surface area contributed by atoms with E-state index in [1.807, 2.05) is 39.0 Å². The number of amides is 2. The van der Waals surface area contributed by atoms with Crippen molar-refractivity contribution in [1.29, 1.82) is 0 Å². The molecule has 35 heavy (non-hydrogen) atoms. The predicted molar refractivity (Wildman–Crippen MR) is 136 cm³/mol. The summed E-state index contributed by atoms with van der Waals surface area (Å²) in [4.78, 5) is 45.1. The summed E-state index contributed by atoms with van der Waals surface area (Å²) in [5, 5.41) is 2.34. The second-order valence-electron chi connectivity index (χ2n) is 8.92. The fourth-order valence-corrected chi connectivity index (χ4v) is 5.35. The summed E-state index contributed by atoms with van der Waals surface area (Å²) in [6.07, 6.45) is 1.46. The van der Waals surface area contributed by atoms with Gasteiger partial charge in [-0.3, -0.25) is 14.5 Å². The highest BCUT2D eigenvalue weighted by atomic mass is 32.1. The van der Waals surface area contributed by atoms with E-state index in [2.05, 4.69) is 4.98 Å². The minimum absolute atomic E-state index is 0.00176. The molecule has 4 rings (SSSR count). The van der Waals surface area contributed by atoms with E-state index in [1.54, 1.807) is 33.4 Å². The number of aromatic nitrogens is 1. The number of aryl methyl sites for hydroxylation is 3. The molecule has 1 aliphatic rings. The molecule has 0 N–H and O–H groups in total. The molecule has 2 heterocycles. The van der Waals surface area contributed by atoms with Crippen LogP contribution in [-0.2, 0) is 27.5 Å². The predicted octanol–water partition coefficient (Wildman–Crippen LogP) is 5.23. The minimum atomic E-state index is -0.456. The van der Waals surface area contributed by atoms with Crippen molar-refractivity contribution < 1.29 is 19.1 Å². The van der Waals surface area contributed by atoms with Gasteiger partial charge in [0.2, 0.25) is 11.8 Å². The third-order valence-electron chi connectivity index (χ3n) is 5.96. The Morgan fingerprint density at radius 2 is 1.89 bits per heavy atom. The highest BCUT2D eigenvalue weighted by Gasteiger charge is 2.23. The van der Waals surface area contributed by atoms with E-state index < -0.39 is 5.97 Å². The SMILES string of the molecule is CC(=O)N(c1nc(COC(=O)c2cccc(CN3CCCC3=O)c2)cs1)c1c(C)cc(C)cc1C. The molecule has 1 fully saturated rings. The monoisotopic (exact) mass is 491 g/mol. The number of ether oxygens (including phenoxy) is 1. The number of thiazole rings is 1. The van der Waals surface area contributed by atoms with Gasteiger partial charge in [-0.25, -0.2) is 9.78 Å². The van der Waals surface area contributed by atoms with Crippen LogP contribution in [0.4, 0.5) is 10.8 Å². The van der Waals surface area contributed by atoms with Gasteiger partial charge in [0.1, 0.15) is 6.61 Å². The van der Waals surface area contributed by atoms with Crippen molar-refractivity contribution in [1.82, 2.24) is 9.88 Å². The largest absolute Gasteiger partial charge is 0.456 e. The third-order valence-corrected chi connectivity index (χ3v) is 6.84. The zero-order valence-electron chi connectivity index (χ0n) is 20.5. The van der Waals surface area contributed by atoms with E-state index in [0.717, 1.165) is 40.9 Å². The number of hydrogen-bond donors (Lipinski definition) is 0. The molecule has 1 aromatic heterocycles. The Kier molecular flexibility index (Phi) is 7.31. The Morgan fingerprint density at radius 3 is 2.54 bits per heavy atom. The fourth-order valence-electron chi connectivity index (χ4n) is 4.49. The Bertz CT molecular complexity index is 1260. The third kappa shape index (κ3) is 5.59. The van der Waals surface area contributed by atoms with Crippen molar-refractivity contribution in [2.75, 3.05) is 11.4 Å². The van der Waals surface area contributed by atoms with E-state index in [4.69, 9.17) is 4.74 Å². The minimum Gasteiger partial charge on any atom is -0.456 e. The zero-order chi connectivity index (χ0) is 25.1. The molecule has 2 amide bonds. The highest BCUT2D eigenvalue weighted by Crippen LogP contribution is 2.34. The van der Waals surface area contributed by atoms with E-state index in [1.165, 1.54) is 18.3 Å². The second kappa shape index (κ2) is 10.4. The first-order chi connectivity index (χ1) is 16.7. The van der Waals surface area contributed by atoms with Gasteiger partial charge in [0.05, 0.1) is 16.9 Å². The number of likely N-dealkylation sites (tertiary alicyclic amines) is 1. The molecule has 182 valence electrons. The van der Waals surface area contributed by atoms with Gasteiger partial charge in [0.15, 0.2) is 5.13 Å². The standard InChI is InChI=1S/C27H29N3O4S/c1-17-11-18(2)25(19(3)12-17)30(20(4)31)27-28-23(16-35-27)15-34-26(33)22-8-5-7-21(13-22)14-29-10-6-9-24(29)32/h5,7-8,11-13,16H,6,9-10,14-15H2,1-4H3. The average molecular weight is 492 g/mol. The number of carbonyl (C=O) groups excluding carboxylic acids is 3. The summed E-state index contributed by atoms with van der Waals surface area (Å²) < 4.78 is 5.50. The van der Waals surface area contributed by atoms with E-state index >= 15 is 0 Å². The van der Waals surface area contributed by atoms with Crippen molar-refractivity contribution >= 4 is 39.9 Å². The van der Waals surface area contributed by atoms with Crippen molar-refractivity contribution in [3.63, 3.8) is 0 Å². The maximum absolute atomic E-state index is 12.7. The van der Waals surface area contributed by atoms with Crippen LogP contribution in [0.3, 0.4) is 0 Å². The summed E-state index contributed by atoms with van der Waals surface area (Å²) >= 11 is 1.34. The lowest BCUT2D eigenvalue weighted by Crippen LogP contribution is -2.24. The molecular weight excluding hydrogens is 462 g/mol. The zero-order valence-corrected chi connectivity index (χ0v) is 21.3. The molecule has 2 aromatic carbocycles. The van der Waals surface area contributed by atoms with Gasteiger partial charge in [-0.15, -0.1) is 11.3 Å². The summed E-state index contributed by atoms with van der Waals surface area (Å²) in [7, 11) is 0. The van der Waals surface area contributed by atoms with Crippen LogP contribution < -0.4 is 4.90 Å². The van der Waals surface area contributed by atoms with Gasteiger partial charge in [0.25, 0.3) is 0 Å². The van der Waals surface area contributed by atoms with Gasteiger partial charge >= 0.3 is 5.97 Å². The molecule has 0 atom stereocenters. The Hall–Kier alpha value is -3.52. The maximum atomic E-state index is 12.7. The Morgan fingerprint density at radius 1 is 1.14 bits per heavy atom. The van der Waals surface area contributed by atoms with Crippen LogP contribution in [0, 0.1) is 20.8 Å². The van der Waals surface area contributed by atoms with Gasteiger partial charge in [-0.2, -0.15) is 0 Å². The molecule has 1 aliphatic heterocycles. The number of esters is 1. The molecule has 0 bridgehead atoms. The average Bonchev–Trinajstić information content (AvgIpc) is 3.43. The number of hydrogen-bond acceptors (Lipinski definition) is 6. The summed E-state index contributed by atoms with van der Waals surface area (Å²) in [6.45, 7) is 8.75. The number of rotatable bonds is 7. The second-order valence-corrected chi connectivity index (χ2v) is 9.76. The molecule has 0 aliphatic carbocycles. The molecule has 0 unspecified atom stereocenters. The fraction of sp³-hybridized carbons (Fsp3) is 0.333. The molecule has 3 aromatic rings. The van der Waals surface area contributed by atoms with E-state index in [0.29, 0.717) is 29.4 Å². The Labute approximate surface area is 209 Å². The van der Waals surface area contributed by atoms with Crippen LogP contribution in [0.2, 0.25) is 0 Å². The molecule has 1 saturated heterocycles. The van der Waals surface area contributed by atoms with Gasteiger partial charge in [-0.05, 0) is 56.0 Å². The van der Waals surface area contributed by atoms with Crippen LogP contribution >= 0.6 is 11.3 Å². The van der Waals surface area contributed by atoms with Crippen molar-refractivity contribution in [3.8, 4) is 0 Å². The topological polar surface area (TPSA) is 79.8 Å². The molecule has 0 spiro atoms. The number of benzene rings is 2. The quantitative estimate of drug-likeness (QED) is 0.423. The van der Waals surface area contributed by atoms with Crippen LogP contribution in [-0.4, -0.2) is 34.2 Å². The van der Waals surface area contributed by atoms with Crippen molar-refractivity contribution in [2.45, 2.75) is 53.7 Å². The van der Waals surface area contributed by atoms with Crippen LogP contribution in [0.1, 0.15) is 58.1 Å². The van der Waals surface area contributed by atoms with Crippen LogP contribution in [0.15, 0.2) is 41.8 Å². The van der Waals surface area contributed by atoms with Crippen molar-refractivity contribution in [2.24, 2.45) is 0 Å². The molecule has 0 saturated carbocycles. The maximum Gasteiger partial charge on any atom is 0.338 e. The molecule has 0 radical (unpaired) electrons. The van der Waals surface area contributed by atoms with Crippen molar-refractivity contribution in [3.05, 3.63) is 75.3 Å². The van der Waals surface area contributed by atoms with Gasteiger partial charge in [-0.1, -0.05) is 29.8 Å². The molecule has 8 heteroatoms. The Balaban J connectivity index is 1.45. The lowest BCUT2D eigenvalue weighted by atomic mass is 10.0. The summed E-state index contributed by atoms with van der Waals surface area (Å²) in [5.74, 6) is -0.443. The first-order valence-corrected chi connectivity index (χ1v) is 12.5. The highest BCUT2D eigenvalue weighted by molar-refractivity contribution is 7.14. The van der Waals surface area contributed by atoms with Crippen LogP contribution in [0.25, 0.3) is 0 Å². The van der Waals surface area contributed by atoms with E-state index in [-0.39, 0.29) is 18.4 Å².